The third-order valence-electron chi connectivity index (χ3n) is 3.22. The highest BCUT2D eigenvalue weighted by Crippen LogP contribution is 2.33. The molecule has 0 bridgehead atoms. The van der Waals surface area contributed by atoms with E-state index in [2.05, 4.69) is 47.6 Å². The van der Waals surface area contributed by atoms with Crippen LogP contribution in [0.1, 0.15) is 68.6 Å². The maximum absolute atomic E-state index is 11.5. The molecule has 0 aliphatic carbocycles. The van der Waals surface area contributed by atoms with E-state index in [1.54, 1.807) is 0 Å². The third kappa shape index (κ3) is 2.92. The van der Waals surface area contributed by atoms with Crippen LogP contribution in [-0.2, 0) is 10.8 Å². The van der Waals surface area contributed by atoms with Gasteiger partial charge in [-0.2, -0.15) is 0 Å². The Morgan fingerprint density at radius 2 is 1.50 bits per heavy atom. The Morgan fingerprint density at radius 3 is 1.83 bits per heavy atom. The summed E-state index contributed by atoms with van der Waals surface area (Å²) in [5, 5.41) is 9.40. The molecule has 2 heteroatoms. The molecule has 0 spiro atoms. The van der Waals surface area contributed by atoms with E-state index in [0.29, 0.717) is 5.56 Å². The van der Waals surface area contributed by atoms with E-state index in [1.165, 1.54) is 5.56 Å². The van der Waals surface area contributed by atoms with Crippen molar-refractivity contribution in [2.45, 2.75) is 59.3 Å². The first-order chi connectivity index (χ1) is 7.94. The fourth-order valence-corrected chi connectivity index (χ4v) is 2.10. The molecule has 1 aromatic rings. The van der Waals surface area contributed by atoms with E-state index in [0.717, 1.165) is 11.1 Å². The molecule has 0 fully saturated rings. The molecule has 0 saturated heterocycles. The lowest BCUT2D eigenvalue weighted by Gasteiger charge is -2.27. The van der Waals surface area contributed by atoms with E-state index >= 15 is 0 Å². The summed E-state index contributed by atoms with van der Waals surface area (Å²) in [6.07, 6.45) is 0. The molecule has 1 rings (SSSR count). The smallest absolute Gasteiger partial charge is 0.336 e. The summed E-state index contributed by atoms with van der Waals surface area (Å²) < 4.78 is 0. The van der Waals surface area contributed by atoms with Crippen LogP contribution in [0.3, 0.4) is 0 Å². The monoisotopic (exact) mass is 248 g/mol. The Morgan fingerprint density at radius 1 is 1.00 bits per heavy atom. The average Bonchev–Trinajstić information content (AvgIpc) is 2.12. The second-order valence-electron chi connectivity index (χ2n) is 7.02. The number of hydrogen-bond donors (Lipinski definition) is 1. The van der Waals surface area contributed by atoms with Gasteiger partial charge in [-0.3, -0.25) is 0 Å². The van der Waals surface area contributed by atoms with Crippen LogP contribution >= 0.6 is 0 Å². The summed E-state index contributed by atoms with van der Waals surface area (Å²) >= 11 is 0. The van der Waals surface area contributed by atoms with Crippen molar-refractivity contribution in [3.8, 4) is 0 Å². The van der Waals surface area contributed by atoms with Gasteiger partial charge in [0.05, 0.1) is 5.56 Å². The van der Waals surface area contributed by atoms with Crippen molar-refractivity contribution in [1.82, 2.24) is 0 Å². The highest BCUT2D eigenvalue weighted by molar-refractivity contribution is 5.91. The highest BCUT2D eigenvalue weighted by Gasteiger charge is 2.26. The molecular weight excluding hydrogens is 224 g/mol. The molecule has 0 aliphatic heterocycles. The highest BCUT2D eigenvalue weighted by atomic mass is 16.4. The van der Waals surface area contributed by atoms with Crippen molar-refractivity contribution >= 4 is 5.97 Å². The summed E-state index contributed by atoms with van der Waals surface area (Å²) in [7, 11) is 0. The van der Waals surface area contributed by atoms with Crippen LogP contribution in [0.25, 0.3) is 0 Å². The van der Waals surface area contributed by atoms with Gasteiger partial charge < -0.3 is 5.11 Å². The van der Waals surface area contributed by atoms with E-state index in [1.807, 2.05) is 13.0 Å². The van der Waals surface area contributed by atoms with Crippen LogP contribution in [-0.4, -0.2) is 11.1 Å². The first kappa shape index (κ1) is 14.7. The molecule has 0 unspecified atom stereocenters. The van der Waals surface area contributed by atoms with Crippen LogP contribution in [0.4, 0.5) is 0 Å². The number of benzene rings is 1. The third-order valence-corrected chi connectivity index (χ3v) is 3.22. The van der Waals surface area contributed by atoms with Crippen molar-refractivity contribution in [2.24, 2.45) is 0 Å². The zero-order valence-electron chi connectivity index (χ0n) is 12.5. The molecule has 1 aromatic carbocycles. The van der Waals surface area contributed by atoms with Crippen molar-refractivity contribution in [2.75, 3.05) is 0 Å². The summed E-state index contributed by atoms with van der Waals surface area (Å²) in [6.45, 7) is 14.5. The number of hydrogen-bond acceptors (Lipinski definition) is 1. The van der Waals surface area contributed by atoms with Crippen molar-refractivity contribution in [1.29, 1.82) is 0 Å². The van der Waals surface area contributed by atoms with Gasteiger partial charge >= 0.3 is 5.97 Å². The molecule has 0 atom stereocenters. The number of aromatic carboxylic acids is 1. The predicted octanol–water partition coefficient (Wildman–Crippen LogP) is 4.29. The second kappa shape index (κ2) is 4.42. The quantitative estimate of drug-likeness (QED) is 0.805. The number of carbonyl (C=O) groups is 1. The molecule has 100 valence electrons. The molecule has 2 nitrogen and oxygen atoms in total. The Bertz CT molecular complexity index is 471. The van der Waals surface area contributed by atoms with Gasteiger partial charge in [-0.05, 0) is 34.4 Å². The largest absolute Gasteiger partial charge is 0.478 e. The molecule has 0 saturated carbocycles. The minimum absolute atomic E-state index is 0.0296. The van der Waals surface area contributed by atoms with Crippen LogP contribution in [0.2, 0.25) is 0 Å². The average molecular weight is 248 g/mol. The lowest BCUT2D eigenvalue weighted by Crippen LogP contribution is -2.21. The number of aryl methyl sites for hydroxylation is 1. The van der Waals surface area contributed by atoms with Crippen molar-refractivity contribution < 1.29 is 9.90 Å². The number of carboxylic acids is 1. The maximum atomic E-state index is 11.5. The Hall–Kier alpha value is -1.31. The molecule has 0 amide bonds. The first-order valence-electron chi connectivity index (χ1n) is 6.33. The van der Waals surface area contributed by atoms with Gasteiger partial charge in [-0.1, -0.05) is 53.7 Å². The zero-order valence-corrected chi connectivity index (χ0v) is 12.5. The van der Waals surface area contributed by atoms with Gasteiger partial charge in [0.15, 0.2) is 0 Å². The van der Waals surface area contributed by atoms with Crippen LogP contribution in [0, 0.1) is 6.92 Å². The predicted molar refractivity (Wildman–Crippen MR) is 75.5 cm³/mol. The fourth-order valence-electron chi connectivity index (χ4n) is 2.10. The first-order valence-corrected chi connectivity index (χ1v) is 6.33. The summed E-state index contributed by atoms with van der Waals surface area (Å²) in [5.41, 5.74) is 3.27. The lowest BCUT2D eigenvalue weighted by atomic mass is 9.77. The Balaban J connectivity index is 3.64. The number of rotatable bonds is 1. The fraction of sp³-hybridized carbons (Fsp3) is 0.562. The van der Waals surface area contributed by atoms with E-state index in [4.69, 9.17) is 0 Å². The van der Waals surface area contributed by atoms with Gasteiger partial charge in [0.1, 0.15) is 0 Å². The maximum Gasteiger partial charge on any atom is 0.336 e. The minimum Gasteiger partial charge on any atom is -0.478 e. The van der Waals surface area contributed by atoms with Gasteiger partial charge in [0, 0.05) is 0 Å². The molecular formula is C16H24O2. The van der Waals surface area contributed by atoms with Crippen LogP contribution in [0.15, 0.2) is 12.1 Å². The van der Waals surface area contributed by atoms with Gasteiger partial charge in [-0.25, -0.2) is 4.79 Å². The van der Waals surface area contributed by atoms with Gasteiger partial charge in [-0.15, -0.1) is 0 Å². The zero-order chi connectivity index (χ0) is 14.3. The van der Waals surface area contributed by atoms with E-state index < -0.39 is 5.97 Å². The molecule has 0 radical (unpaired) electrons. The van der Waals surface area contributed by atoms with Gasteiger partial charge in [0.25, 0.3) is 0 Å². The van der Waals surface area contributed by atoms with Crippen LogP contribution < -0.4 is 0 Å². The summed E-state index contributed by atoms with van der Waals surface area (Å²) in [5.74, 6) is -0.835. The van der Waals surface area contributed by atoms with Crippen molar-refractivity contribution in [3.63, 3.8) is 0 Å². The van der Waals surface area contributed by atoms with Gasteiger partial charge in [0.2, 0.25) is 0 Å². The molecule has 0 aromatic heterocycles. The van der Waals surface area contributed by atoms with Crippen molar-refractivity contribution in [3.05, 3.63) is 34.4 Å². The molecule has 0 heterocycles. The lowest BCUT2D eigenvalue weighted by molar-refractivity contribution is 0.0693. The topological polar surface area (TPSA) is 37.3 Å². The van der Waals surface area contributed by atoms with Crippen LogP contribution in [0.5, 0.6) is 0 Å². The second-order valence-corrected chi connectivity index (χ2v) is 7.02. The Labute approximate surface area is 110 Å². The Kier molecular flexibility index (Phi) is 3.62. The number of carboxylic acid groups (broad SMARTS) is 1. The standard InChI is InChI=1S/C16H24O2/c1-10-8-11(15(2,3)4)9-12(16(5,6)7)13(10)14(17)18/h8-9H,1-7H3,(H,17,18). The molecule has 0 aliphatic rings. The molecule has 18 heavy (non-hydrogen) atoms. The van der Waals surface area contributed by atoms with E-state index in [9.17, 15) is 9.90 Å². The minimum atomic E-state index is -0.835. The SMILES string of the molecule is Cc1cc(C(C)(C)C)cc(C(C)(C)C)c1C(=O)O. The normalized spacial score (nSPS) is 12.6. The summed E-state index contributed by atoms with van der Waals surface area (Å²) in [6, 6.07) is 4.05. The summed E-state index contributed by atoms with van der Waals surface area (Å²) in [4.78, 5) is 11.5. The molecule has 1 N–H and O–H groups in total. The van der Waals surface area contributed by atoms with E-state index in [-0.39, 0.29) is 10.8 Å².